The summed E-state index contributed by atoms with van der Waals surface area (Å²) in [7, 11) is 1.55. The molecular weight excluding hydrogens is 260 g/mol. The molecule has 0 unspecified atom stereocenters. The number of hydrogen-bond donors (Lipinski definition) is 3. The second kappa shape index (κ2) is 7.09. The SMILES string of the molecule is COc1ccc(CNN2CCOCC2)cc1/C(N)=N/O. The number of benzene rings is 1. The molecule has 1 aromatic carbocycles. The van der Waals surface area contributed by atoms with Crippen LogP contribution in [-0.4, -0.2) is 49.5 Å². The average Bonchev–Trinajstić information content (AvgIpc) is 2.52. The predicted octanol–water partition coefficient (Wildman–Crippen LogP) is 0.127. The number of rotatable bonds is 5. The van der Waals surface area contributed by atoms with Crippen molar-refractivity contribution in [3.63, 3.8) is 0 Å². The number of hydrogen-bond acceptors (Lipinski definition) is 6. The monoisotopic (exact) mass is 280 g/mol. The molecule has 1 aliphatic heterocycles. The number of nitrogens with one attached hydrogen (secondary N) is 1. The molecule has 0 aromatic heterocycles. The fourth-order valence-corrected chi connectivity index (χ4v) is 2.04. The summed E-state index contributed by atoms with van der Waals surface area (Å²) in [6.07, 6.45) is 0. The quantitative estimate of drug-likeness (QED) is 0.307. The largest absolute Gasteiger partial charge is 0.496 e. The minimum absolute atomic E-state index is 0.0371. The number of nitrogens with two attached hydrogens (primary N) is 1. The van der Waals surface area contributed by atoms with Gasteiger partial charge in [0, 0.05) is 19.6 Å². The molecule has 4 N–H and O–H groups in total. The zero-order valence-electron chi connectivity index (χ0n) is 11.5. The lowest BCUT2D eigenvalue weighted by Gasteiger charge is -2.27. The molecule has 20 heavy (non-hydrogen) atoms. The fraction of sp³-hybridized carbons (Fsp3) is 0.462. The Labute approximate surface area is 117 Å². The molecule has 0 saturated carbocycles. The summed E-state index contributed by atoms with van der Waals surface area (Å²) >= 11 is 0. The number of morpholine rings is 1. The molecule has 1 aromatic rings. The van der Waals surface area contributed by atoms with Gasteiger partial charge in [-0.1, -0.05) is 11.2 Å². The molecule has 0 aliphatic carbocycles. The molecule has 2 rings (SSSR count). The van der Waals surface area contributed by atoms with E-state index < -0.39 is 0 Å². The molecule has 1 saturated heterocycles. The summed E-state index contributed by atoms with van der Waals surface area (Å²) in [6, 6.07) is 5.60. The Morgan fingerprint density at radius 1 is 1.50 bits per heavy atom. The normalized spacial score (nSPS) is 17.1. The molecule has 7 nitrogen and oxygen atoms in total. The highest BCUT2D eigenvalue weighted by molar-refractivity contribution is 5.99. The third-order valence-corrected chi connectivity index (χ3v) is 3.17. The van der Waals surface area contributed by atoms with Crippen LogP contribution in [0, 0.1) is 0 Å². The van der Waals surface area contributed by atoms with Gasteiger partial charge in [-0.25, -0.2) is 5.01 Å². The van der Waals surface area contributed by atoms with Crippen LogP contribution in [0.4, 0.5) is 0 Å². The van der Waals surface area contributed by atoms with Gasteiger partial charge in [0.1, 0.15) is 5.75 Å². The Hall–Kier alpha value is -1.83. The third kappa shape index (κ3) is 3.60. The van der Waals surface area contributed by atoms with Crippen LogP contribution in [0.5, 0.6) is 5.75 Å². The number of ether oxygens (including phenoxy) is 2. The van der Waals surface area contributed by atoms with Crippen LogP contribution < -0.4 is 15.9 Å². The second-order valence-electron chi connectivity index (χ2n) is 4.45. The maximum absolute atomic E-state index is 8.80. The number of methoxy groups -OCH3 is 1. The van der Waals surface area contributed by atoms with Gasteiger partial charge >= 0.3 is 0 Å². The lowest BCUT2D eigenvalue weighted by Crippen LogP contribution is -2.45. The van der Waals surface area contributed by atoms with Gasteiger partial charge in [0.05, 0.1) is 25.9 Å². The smallest absolute Gasteiger partial charge is 0.173 e. The summed E-state index contributed by atoms with van der Waals surface area (Å²) < 4.78 is 10.5. The Morgan fingerprint density at radius 2 is 2.25 bits per heavy atom. The molecule has 0 amide bonds. The number of amidine groups is 1. The first-order valence-corrected chi connectivity index (χ1v) is 6.45. The van der Waals surface area contributed by atoms with E-state index in [4.69, 9.17) is 20.4 Å². The number of oxime groups is 1. The second-order valence-corrected chi connectivity index (χ2v) is 4.45. The Morgan fingerprint density at radius 3 is 2.90 bits per heavy atom. The Kier molecular flexibility index (Phi) is 5.16. The molecule has 1 heterocycles. The molecule has 110 valence electrons. The van der Waals surface area contributed by atoms with Crippen molar-refractivity contribution >= 4 is 5.84 Å². The van der Waals surface area contributed by atoms with Crippen molar-refractivity contribution in [3.05, 3.63) is 29.3 Å². The van der Waals surface area contributed by atoms with Gasteiger partial charge < -0.3 is 20.4 Å². The van der Waals surface area contributed by atoms with E-state index in [1.54, 1.807) is 7.11 Å². The Bertz CT molecular complexity index is 473. The lowest BCUT2D eigenvalue weighted by molar-refractivity contribution is 0.0106. The van der Waals surface area contributed by atoms with Crippen molar-refractivity contribution in [2.24, 2.45) is 10.9 Å². The molecule has 0 bridgehead atoms. The summed E-state index contributed by atoms with van der Waals surface area (Å²) in [5.41, 5.74) is 10.6. The van der Waals surface area contributed by atoms with Crippen molar-refractivity contribution in [2.75, 3.05) is 33.4 Å². The van der Waals surface area contributed by atoms with Gasteiger partial charge in [-0.2, -0.15) is 0 Å². The highest BCUT2D eigenvalue weighted by Gasteiger charge is 2.12. The van der Waals surface area contributed by atoms with Crippen molar-refractivity contribution < 1.29 is 14.7 Å². The highest BCUT2D eigenvalue weighted by atomic mass is 16.5. The first kappa shape index (κ1) is 14.6. The standard InChI is InChI=1S/C13H20N4O3/c1-19-12-3-2-10(8-11(12)13(14)16-18)9-15-17-4-6-20-7-5-17/h2-3,8,15,18H,4-7,9H2,1H3,(H2,14,16). The summed E-state index contributed by atoms with van der Waals surface area (Å²) in [5.74, 6) is 0.616. The third-order valence-electron chi connectivity index (χ3n) is 3.17. The Balaban J connectivity index is 2.04. The van der Waals surface area contributed by atoms with Crippen molar-refractivity contribution in [3.8, 4) is 5.75 Å². The first-order valence-electron chi connectivity index (χ1n) is 6.45. The van der Waals surface area contributed by atoms with Crippen LogP contribution in [-0.2, 0) is 11.3 Å². The van der Waals surface area contributed by atoms with Gasteiger partial charge in [0.2, 0.25) is 0 Å². The van der Waals surface area contributed by atoms with E-state index in [-0.39, 0.29) is 5.84 Å². The molecule has 0 radical (unpaired) electrons. The van der Waals surface area contributed by atoms with E-state index in [9.17, 15) is 0 Å². The van der Waals surface area contributed by atoms with Crippen LogP contribution in [0.1, 0.15) is 11.1 Å². The van der Waals surface area contributed by atoms with E-state index in [2.05, 4.69) is 15.6 Å². The summed E-state index contributed by atoms with van der Waals surface area (Å²) in [6.45, 7) is 3.87. The van der Waals surface area contributed by atoms with E-state index in [0.717, 1.165) is 31.9 Å². The zero-order chi connectivity index (χ0) is 14.4. The zero-order valence-corrected chi connectivity index (χ0v) is 11.5. The van der Waals surface area contributed by atoms with Crippen molar-refractivity contribution in [2.45, 2.75) is 6.54 Å². The minimum atomic E-state index is 0.0371. The molecular formula is C13H20N4O3. The summed E-state index contributed by atoms with van der Waals surface area (Å²) in [5, 5.41) is 13.9. The predicted molar refractivity (Wildman–Crippen MR) is 74.7 cm³/mol. The van der Waals surface area contributed by atoms with Gasteiger partial charge in [-0.3, -0.25) is 5.43 Å². The molecule has 0 atom stereocenters. The maximum Gasteiger partial charge on any atom is 0.173 e. The van der Waals surface area contributed by atoms with E-state index >= 15 is 0 Å². The van der Waals surface area contributed by atoms with Crippen LogP contribution >= 0.6 is 0 Å². The summed E-state index contributed by atoms with van der Waals surface area (Å²) in [4.78, 5) is 0. The molecule has 0 spiro atoms. The molecule has 7 heteroatoms. The van der Waals surface area contributed by atoms with E-state index in [0.29, 0.717) is 17.9 Å². The molecule has 1 aliphatic rings. The van der Waals surface area contributed by atoms with Crippen molar-refractivity contribution in [1.29, 1.82) is 0 Å². The minimum Gasteiger partial charge on any atom is -0.496 e. The van der Waals surface area contributed by atoms with Gasteiger partial charge in [-0.05, 0) is 17.7 Å². The maximum atomic E-state index is 8.80. The first-order chi connectivity index (χ1) is 9.74. The van der Waals surface area contributed by atoms with Crippen LogP contribution in [0.15, 0.2) is 23.4 Å². The number of nitrogens with zero attached hydrogens (tertiary/aromatic N) is 2. The van der Waals surface area contributed by atoms with Crippen LogP contribution in [0.3, 0.4) is 0 Å². The van der Waals surface area contributed by atoms with Gasteiger partial charge in [-0.15, -0.1) is 0 Å². The van der Waals surface area contributed by atoms with Gasteiger partial charge in [0.25, 0.3) is 0 Å². The fourth-order valence-electron chi connectivity index (χ4n) is 2.04. The van der Waals surface area contributed by atoms with Gasteiger partial charge in [0.15, 0.2) is 5.84 Å². The van der Waals surface area contributed by atoms with Crippen LogP contribution in [0.2, 0.25) is 0 Å². The number of hydrazine groups is 1. The van der Waals surface area contributed by atoms with E-state index in [1.807, 2.05) is 18.2 Å². The van der Waals surface area contributed by atoms with Crippen molar-refractivity contribution in [1.82, 2.24) is 10.4 Å². The van der Waals surface area contributed by atoms with E-state index in [1.165, 1.54) is 0 Å². The van der Waals surface area contributed by atoms with Crippen LogP contribution in [0.25, 0.3) is 0 Å². The topological polar surface area (TPSA) is 92.3 Å². The average molecular weight is 280 g/mol. The molecule has 1 fully saturated rings. The highest BCUT2D eigenvalue weighted by Crippen LogP contribution is 2.19. The lowest BCUT2D eigenvalue weighted by atomic mass is 10.1.